The Labute approximate surface area is 225 Å². The van der Waals surface area contributed by atoms with Crippen molar-refractivity contribution < 1.29 is 22.7 Å². The smallest absolute Gasteiger partial charge is 0.244 e. The summed E-state index contributed by atoms with van der Waals surface area (Å²) in [7, 11) is -2.39. The molecule has 0 aliphatic heterocycles. The highest BCUT2D eigenvalue weighted by Gasteiger charge is 2.33. The lowest BCUT2D eigenvalue weighted by molar-refractivity contribution is -0.140. The molecule has 0 unspecified atom stereocenters. The minimum Gasteiger partial charge on any atom is -0.495 e. The minimum atomic E-state index is -3.85. The number of rotatable bonds is 11. The average molecular weight is 550 g/mol. The normalized spacial score (nSPS) is 14.7. The Morgan fingerprint density at radius 3 is 2.43 bits per heavy atom. The maximum atomic E-state index is 13.8. The van der Waals surface area contributed by atoms with E-state index in [-0.39, 0.29) is 29.2 Å². The second-order valence-corrected chi connectivity index (χ2v) is 11.8. The van der Waals surface area contributed by atoms with Crippen LogP contribution in [0.2, 0.25) is 5.02 Å². The summed E-state index contributed by atoms with van der Waals surface area (Å²) in [5.41, 5.74) is 2.12. The molecule has 1 atom stereocenters. The number of amides is 2. The van der Waals surface area contributed by atoms with E-state index < -0.39 is 28.5 Å². The van der Waals surface area contributed by atoms with Crippen LogP contribution in [0.3, 0.4) is 0 Å². The number of nitrogens with zero attached hydrogens (tertiary/aromatic N) is 2. The molecule has 2 amide bonds. The number of benzene rings is 2. The van der Waals surface area contributed by atoms with Gasteiger partial charge in [-0.2, -0.15) is 0 Å². The first-order chi connectivity index (χ1) is 17.5. The van der Waals surface area contributed by atoms with E-state index in [0.29, 0.717) is 12.2 Å². The Morgan fingerprint density at radius 2 is 1.86 bits per heavy atom. The maximum Gasteiger partial charge on any atom is 0.244 e. The quantitative estimate of drug-likeness (QED) is 0.451. The van der Waals surface area contributed by atoms with Crippen molar-refractivity contribution >= 4 is 39.1 Å². The largest absolute Gasteiger partial charge is 0.495 e. The zero-order valence-electron chi connectivity index (χ0n) is 21.9. The first-order valence-electron chi connectivity index (χ1n) is 12.5. The molecule has 1 N–H and O–H groups in total. The number of hydrogen-bond donors (Lipinski definition) is 1. The number of carbonyl (C=O) groups is 2. The summed E-state index contributed by atoms with van der Waals surface area (Å²) in [6.07, 6.45) is 5.42. The Bertz CT molecular complexity index is 1210. The van der Waals surface area contributed by atoms with Crippen LogP contribution in [-0.4, -0.2) is 57.1 Å². The molecule has 0 radical (unpaired) electrons. The van der Waals surface area contributed by atoms with Crippen molar-refractivity contribution in [2.24, 2.45) is 0 Å². The van der Waals surface area contributed by atoms with Gasteiger partial charge < -0.3 is 15.0 Å². The number of anilines is 1. The third-order valence-corrected chi connectivity index (χ3v) is 8.06. The molecular weight excluding hydrogens is 514 g/mol. The highest BCUT2D eigenvalue weighted by Crippen LogP contribution is 2.30. The van der Waals surface area contributed by atoms with Crippen molar-refractivity contribution in [3.63, 3.8) is 0 Å². The Morgan fingerprint density at radius 1 is 1.16 bits per heavy atom. The molecule has 0 spiro atoms. The molecule has 10 heteroatoms. The van der Waals surface area contributed by atoms with Crippen LogP contribution in [0.1, 0.15) is 50.2 Å². The minimum absolute atomic E-state index is 0.103. The van der Waals surface area contributed by atoms with Gasteiger partial charge in [0.25, 0.3) is 0 Å². The fourth-order valence-corrected chi connectivity index (χ4v) is 5.81. The van der Waals surface area contributed by atoms with Crippen molar-refractivity contribution in [1.82, 2.24) is 10.2 Å². The van der Waals surface area contributed by atoms with Gasteiger partial charge in [0.15, 0.2) is 0 Å². The van der Waals surface area contributed by atoms with Gasteiger partial charge in [0.1, 0.15) is 18.3 Å². The molecule has 2 aromatic carbocycles. The van der Waals surface area contributed by atoms with Crippen molar-refractivity contribution in [2.75, 3.05) is 24.2 Å². The first-order valence-corrected chi connectivity index (χ1v) is 14.7. The molecule has 1 aliphatic rings. The molecule has 0 heterocycles. The van der Waals surface area contributed by atoms with Gasteiger partial charge in [-0.05, 0) is 49.9 Å². The SMILES string of the molecule is CC[C@@H](C(=O)NC1CCCC1)N(Cc1cccc(C)c1)C(=O)CN(c1ccc(OC)c(Cl)c1)S(C)(=O)=O. The summed E-state index contributed by atoms with van der Waals surface area (Å²) in [5.74, 6) is -0.304. The topological polar surface area (TPSA) is 96.0 Å². The molecule has 2 aromatic rings. The zero-order chi connectivity index (χ0) is 27.2. The van der Waals surface area contributed by atoms with Crippen LogP contribution in [-0.2, 0) is 26.2 Å². The lowest BCUT2D eigenvalue weighted by Gasteiger charge is -2.33. The van der Waals surface area contributed by atoms with Gasteiger partial charge in [-0.1, -0.05) is 61.2 Å². The van der Waals surface area contributed by atoms with E-state index in [4.69, 9.17) is 16.3 Å². The third kappa shape index (κ3) is 7.61. The Kier molecular flexibility index (Phi) is 9.84. The lowest BCUT2D eigenvalue weighted by atomic mass is 10.1. The monoisotopic (exact) mass is 549 g/mol. The summed E-state index contributed by atoms with van der Waals surface area (Å²) in [5, 5.41) is 3.32. The van der Waals surface area contributed by atoms with Crippen LogP contribution < -0.4 is 14.4 Å². The van der Waals surface area contributed by atoms with Crippen molar-refractivity contribution in [3.05, 3.63) is 58.6 Å². The van der Waals surface area contributed by atoms with Crippen LogP contribution in [0.4, 0.5) is 5.69 Å². The number of sulfonamides is 1. The molecule has 0 bridgehead atoms. The highest BCUT2D eigenvalue weighted by molar-refractivity contribution is 7.92. The van der Waals surface area contributed by atoms with Gasteiger partial charge in [0.05, 0.1) is 24.1 Å². The van der Waals surface area contributed by atoms with E-state index in [1.165, 1.54) is 24.1 Å². The van der Waals surface area contributed by atoms with Crippen LogP contribution in [0.25, 0.3) is 0 Å². The average Bonchev–Trinajstić information content (AvgIpc) is 3.34. The number of halogens is 1. The number of nitrogens with one attached hydrogen (secondary N) is 1. The Hall–Kier alpha value is -2.78. The van der Waals surface area contributed by atoms with E-state index in [1.807, 2.05) is 38.1 Å². The second-order valence-electron chi connectivity index (χ2n) is 9.51. The number of ether oxygens (including phenoxy) is 1. The molecule has 1 fully saturated rings. The van der Waals surface area contributed by atoms with Gasteiger partial charge >= 0.3 is 0 Å². The van der Waals surface area contributed by atoms with Crippen LogP contribution in [0.5, 0.6) is 5.75 Å². The number of carbonyl (C=O) groups excluding carboxylic acids is 2. The van der Waals surface area contributed by atoms with Gasteiger partial charge in [-0.3, -0.25) is 13.9 Å². The summed E-state index contributed by atoms with van der Waals surface area (Å²) >= 11 is 6.25. The molecule has 0 aromatic heterocycles. The maximum absolute atomic E-state index is 13.8. The summed E-state index contributed by atoms with van der Waals surface area (Å²) in [6, 6.07) is 11.6. The molecule has 37 heavy (non-hydrogen) atoms. The predicted molar refractivity (Wildman–Crippen MR) is 146 cm³/mol. The van der Waals surface area contributed by atoms with E-state index in [2.05, 4.69) is 5.32 Å². The van der Waals surface area contributed by atoms with Crippen LogP contribution >= 0.6 is 11.6 Å². The molecule has 202 valence electrons. The third-order valence-electron chi connectivity index (χ3n) is 6.63. The number of methoxy groups -OCH3 is 1. The van der Waals surface area contributed by atoms with Crippen LogP contribution in [0.15, 0.2) is 42.5 Å². The van der Waals surface area contributed by atoms with Crippen molar-refractivity contribution in [1.29, 1.82) is 0 Å². The van der Waals surface area contributed by atoms with E-state index in [0.717, 1.165) is 47.4 Å². The highest BCUT2D eigenvalue weighted by atomic mass is 35.5. The van der Waals surface area contributed by atoms with Crippen molar-refractivity contribution in [2.45, 2.75) is 64.6 Å². The van der Waals surface area contributed by atoms with Crippen molar-refractivity contribution in [3.8, 4) is 5.75 Å². The molecular formula is C27H36ClN3O5S. The van der Waals surface area contributed by atoms with Gasteiger partial charge in [0, 0.05) is 12.6 Å². The van der Waals surface area contributed by atoms with Gasteiger partial charge in [0.2, 0.25) is 21.8 Å². The lowest BCUT2D eigenvalue weighted by Crippen LogP contribution is -2.53. The first kappa shape index (κ1) is 28.8. The second kappa shape index (κ2) is 12.6. The standard InChI is InChI=1S/C27H36ClN3O5S/c1-5-24(27(33)29-21-11-6-7-12-21)30(17-20-10-8-9-19(2)15-20)26(32)18-31(37(4,34)35)22-13-14-25(36-3)23(28)16-22/h8-10,13-16,21,24H,5-7,11-12,17-18H2,1-4H3,(H,29,33)/t24-/m0/s1. The molecule has 8 nitrogen and oxygen atoms in total. The van der Waals surface area contributed by atoms with Gasteiger partial charge in [-0.25, -0.2) is 8.42 Å². The Balaban J connectivity index is 1.94. The number of hydrogen-bond acceptors (Lipinski definition) is 5. The molecule has 1 saturated carbocycles. The van der Waals surface area contributed by atoms with Gasteiger partial charge in [-0.15, -0.1) is 0 Å². The molecule has 3 rings (SSSR count). The summed E-state index contributed by atoms with van der Waals surface area (Å²) in [6.45, 7) is 3.52. The molecule has 1 aliphatic carbocycles. The fraction of sp³-hybridized carbons (Fsp3) is 0.481. The van der Waals surface area contributed by atoms with Crippen LogP contribution in [0, 0.1) is 6.92 Å². The summed E-state index contributed by atoms with van der Waals surface area (Å²) < 4.78 is 31.7. The summed E-state index contributed by atoms with van der Waals surface area (Å²) in [4.78, 5) is 28.6. The molecule has 0 saturated heterocycles. The number of aryl methyl sites for hydroxylation is 1. The van der Waals surface area contributed by atoms with E-state index in [9.17, 15) is 18.0 Å². The van der Waals surface area contributed by atoms with E-state index >= 15 is 0 Å². The zero-order valence-corrected chi connectivity index (χ0v) is 23.4. The van der Waals surface area contributed by atoms with E-state index in [1.54, 1.807) is 6.07 Å². The predicted octanol–water partition coefficient (Wildman–Crippen LogP) is 4.29. The fourth-order valence-electron chi connectivity index (χ4n) is 4.72.